The maximum atomic E-state index is 11.5. The molecule has 1 saturated heterocycles. The number of rotatable bonds is 5. The summed E-state index contributed by atoms with van der Waals surface area (Å²) in [4.78, 5) is 24.9. The molecule has 152 valence electrons. The Labute approximate surface area is 169 Å². The average Bonchev–Trinajstić information content (AvgIpc) is 3.06. The van der Waals surface area contributed by atoms with Crippen molar-refractivity contribution in [2.24, 2.45) is 7.05 Å². The maximum absolute atomic E-state index is 11.5. The molecule has 1 aliphatic heterocycles. The van der Waals surface area contributed by atoms with Crippen LogP contribution in [0, 0.1) is 0 Å². The molecule has 0 aliphatic carbocycles. The van der Waals surface area contributed by atoms with Crippen LogP contribution in [0.4, 0.5) is 5.95 Å². The van der Waals surface area contributed by atoms with E-state index in [2.05, 4.69) is 26.8 Å². The van der Waals surface area contributed by atoms with E-state index in [1.54, 1.807) is 29.9 Å². The van der Waals surface area contributed by atoms with E-state index >= 15 is 0 Å². The first kappa shape index (κ1) is 19.2. The van der Waals surface area contributed by atoms with Crippen LogP contribution < -0.4 is 9.64 Å². The van der Waals surface area contributed by atoms with Gasteiger partial charge in [0.15, 0.2) is 5.75 Å². The van der Waals surface area contributed by atoms with Crippen LogP contribution >= 0.6 is 0 Å². The number of hydrogen-bond acceptors (Lipinski definition) is 6. The van der Waals surface area contributed by atoms with Gasteiger partial charge in [0.1, 0.15) is 5.69 Å². The summed E-state index contributed by atoms with van der Waals surface area (Å²) >= 11 is 0. The first-order valence-electron chi connectivity index (χ1n) is 9.68. The second-order valence-electron chi connectivity index (χ2n) is 7.53. The van der Waals surface area contributed by atoms with Gasteiger partial charge in [0.25, 0.3) is 0 Å². The molecule has 0 atom stereocenters. The van der Waals surface area contributed by atoms with Gasteiger partial charge in [-0.2, -0.15) is 4.98 Å². The molecule has 0 bridgehead atoms. The zero-order chi connectivity index (χ0) is 20.5. The molecule has 8 heteroatoms. The zero-order valence-electron chi connectivity index (χ0n) is 16.9. The number of likely N-dealkylation sites (tertiary alicyclic amines) is 1. The van der Waals surface area contributed by atoms with E-state index in [1.807, 2.05) is 25.2 Å². The van der Waals surface area contributed by atoms with Gasteiger partial charge >= 0.3 is 5.97 Å². The predicted octanol–water partition coefficient (Wildman–Crippen LogP) is 2.99. The van der Waals surface area contributed by atoms with Crippen molar-refractivity contribution in [2.75, 3.05) is 32.1 Å². The van der Waals surface area contributed by atoms with Crippen LogP contribution in [0.25, 0.3) is 10.9 Å². The van der Waals surface area contributed by atoms with Gasteiger partial charge in [0, 0.05) is 37.8 Å². The zero-order valence-corrected chi connectivity index (χ0v) is 16.9. The Morgan fingerprint density at radius 3 is 2.72 bits per heavy atom. The summed E-state index contributed by atoms with van der Waals surface area (Å²) in [6.07, 6.45) is 3.83. The molecule has 3 heterocycles. The maximum Gasteiger partial charge on any atom is 0.352 e. The molecule has 0 radical (unpaired) electrons. The number of carboxylic acid groups (broad SMARTS) is 1. The molecule has 1 fully saturated rings. The molecule has 4 rings (SSSR count). The normalized spacial score (nSPS) is 15.6. The van der Waals surface area contributed by atoms with E-state index in [9.17, 15) is 9.90 Å². The minimum atomic E-state index is -0.973. The quantitative estimate of drug-likeness (QED) is 0.711. The minimum absolute atomic E-state index is 0.210. The van der Waals surface area contributed by atoms with E-state index in [0.717, 1.165) is 31.3 Å². The topological polar surface area (TPSA) is 83.7 Å². The Bertz CT molecular complexity index is 1040. The number of anilines is 1. The summed E-state index contributed by atoms with van der Waals surface area (Å²) in [7, 11) is 5.88. The Morgan fingerprint density at radius 2 is 2.00 bits per heavy atom. The van der Waals surface area contributed by atoms with Gasteiger partial charge < -0.3 is 24.2 Å². The van der Waals surface area contributed by atoms with Crippen molar-refractivity contribution in [1.29, 1.82) is 0 Å². The van der Waals surface area contributed by atoms with Gasteiger partial charge in [-0.05, 0) is 45.1 Å². The number of carbonyl (C=O) groups is 1. The first-order valence-corrected chi connectivity index (χ1v) is 9.68. The number of ether oxygens (including phenoxy) is 1. The SMILES string of the molecule is CN1CCC(N(C)c2nccc(Oc3cccc4cc(C(=O)O)n(C)c34)n2)CC1. The number of hydrogen-bond donors (Lipinski definition) is 1. The first-order chi connectivity index (χ1) is 13.9. The number of aryl methyl sites for hydroxylation is 1. The molecule has 0 amide bonds. The van der Waals surface area contributed by atoms with E-state index in [0.29, 0.717) is 29.1 Å². The van der Waals surface area contributed by atoms with Crippen LogP contribution in [0.1, 0.15) is 23.3 Å². The second-order valence-corrected chi connectivity index (χ2v) is 7.53. The number of piperidine rings is 1. The van der Waals surface area contributed by atoms with E-state index < -0.39 is 5.97 Å². The highest BCUT2D eigenvalue weighted by Crippen LogP contribution is 2.31. The monoisotopic (exact) mass is 395 g/mol. The number of aromatic carboxylic acids is 1. The Hall–Kier alpha value is -3.13. The molecule has 1 aromatic carbocycles. The van der Waals surface area contributed by atoms with Crippen molar-refractivity contribution in [1.82, 2.24) is 19.4 Å². The van der Waals surface area contributed by atoms with Gasteiger partial charge in [0.2, 0.25) is 11.8 Å². The third-order valence-corrected chi connectivity index (χ3v) is 5.62. The van der Waals surface area contributed by atoms with Crippen LogP contribution in [0.5, 0.6) is 11.6 Å². The molecule has 0 unspecified atom stereocenters. The third kappa shape index (κ3) is 3.75. The molecular formula is C21H25N5O3. The van der Waals surface area contributed by atoms with Crippen molar-refractivity contribution >= 4 is 22.8 Å². The van der Waals surface area contributed by atoms with Crippen molar-refractivity contribution in [2.45, 2.75) is 18.9 Å². The lowest BCUT2D eigenvalue weighted by Gasteiger charge is -2.35. The Balaban J connectivity index is 1.61. The standard InChI is InChI=1S/C21H25N5O3/c1-24-11-8-15(9-12-24)25(2)21-22-10-7-18(23-21)29-17-6-4-5-14-13-16(20(27)28)26(3)19(14)17/h4-7,10,13,15H,8-9,11-12H2,1-3H3,(H,27,28). The Morgan fingerprint density at radius 1 is 1.24 bits per heavy atom. The molecule has 1 N–H and O–H groups in total. The van der Waals surface area contributed by atoms with E-state index in [-0.39, 0.29) is 5.69 Å². The highest BCUT2D eigenvalue weighted by molar-refractivity contribution is 5.96. The molecule has 1 aliphatic rings. The van der Waals surface area contributed by atoms with E-state index in [1.165, 1.54) is 0 Å². The minimum Gasteiger partial charge on any atom is -0.477 e. The summed E-state index contributed by atoms with van der Waals surface area (Å²) < 4.78 is 7.69. The molecule has 8 nitrogen and oxygen atoms in total. The van der Waals surface area contributed by atoms with E-state index in [4.69, 9.17) is 4.74 Å². The van der Waals surface area contributed by atoms with Crippen LogP contribution in [-0.4, -0.2) is 63.7 Å². The molecule has 0 spiro atoms. The van der Waals surface area contributed by atoms with Crippen LogP contribution in [0.3, 0.4) is 0 Å². The largest absolute Gasteiger partial charge is 0.477 e. The lowest BCUT2D eigenvalue weighted by atomic mass is 10.0. The van der Waals surface area contributed by atoms with Crippen molar-refractivity contribution < 1.29 is 14.6 Å². The molecule has 2 aromatic heterocycles. The number of carboxylic acids is 1. The molecular weight excluding hydrogens is 370 g/mol. The number of fused-ring (bicyclic) bond motifs is 1. The van der Waals surface area contributed by atoms with Crippen molar-refractivity contribution in [3.05, 3.63) is 42.2 Å². The fourth-order valence-electron chi connectivity index (χ4n) is 3.88. The Kier molecular flexibility index (Phi) is 5.10. The summed E-state index contributed by atoms with van der Waals surface area (Å²) in [5, 5.41) is 10.2. The molecule has 3 aromatic rings. The van der Waals surface area contributed by atoms with Crippen LogP contribution in [0.2, 0.25) is 0 Å². The van der Waals surface area contributed by atoms with Gasteiger partial charge in [-0.3, -0.25) is 0 Å². The van der Waals surface area contributed by atoms with Gasteiger partial charge in [0.05, 0.1) is 5.52 Å². The highest BCUT2D eigenvalue weighted by Gasteiger charge is 2.23. The fourth-order valence-corrected chi connectivity index (χ4v) is 3.88. The smallest absolute Gasteiger partial charge is 0.352 e. The molecule has 29 heavy (non-hydrogen) atoms. The predicted molar refractivity (Wildman–Crippen MR) is 111 cm³/mol. The highest BCUT2D eigenvalue weighted by atomic mass is 16.5. The van der Waals surface area contributed by atoms with Crippen LogP contribution in [-0.2, 0) is 7.05 Å². The van der Waals surface area contributed by atoms with Gasteiger partial charge in [-0.25, -0.2) is 9.78 Å². The van der Waals surface area contributed by atoms with Gasteiger partial charge in [-0.1, -0.05) is 12.1 Å². The number of para-hydroxylation sites is 1. The number of benzene rings is 1. The lowest BCUT2D eigenvalue weighted by molar-refractivity contribution is 0.0687. The van der Waals surface area contributed by atoms with Crippen molar-refractivity contribution in [3.8, 4) is 11.6 Å². The summed E-state index contributed by atoms with van der Waals surface area (Å²) in [6.45, 7) is 2.12. The average molecular weight is 395 g/mol. The lowest BCUT2D eigenvalue weighted by Crippen LogP contribution is -2.42. The summed E-state index contributed by atoms with van der Waals surface area (Å²) in [6, 6.07) is 9.28. The summed E-state index contributed by atoms with van der Waals surface area (Å²) in [5.74, 6) is 0.644. The van der Waals surface area contributed by atoms with Crippen LogP contribution in [0.15, 0.2) is 36.5 Å². The third-order valence-electron chi connectivity index (χ3n) is 5.62. The number of nitrogens with zero attached hydrogens (tertiary/aromatic N) is 5. The van der Waals surface area contributed by atoms with Crippen molar-refractivity contribution in [3.63, 3.8) is 0 Å². The summed E-state index contributed by atoms with van der Waals surface area (Å²) in [5.41, 5.74) is 0.926. The van der Waals surface area contributed by atoms with Gasteiger partial charge in [-0.15, -0.1) is 0 Å². The second kappa shape index (κ2) is 7.71. The number of aromatic nitrogens is 3. The fraction of sp³-hybridized carbons (Fsp3) is 0.381. The molecule has 0 saturated carbocycles.